The number of nitrogens with zero attached hydrogens (tertiary/aromatic N) is 7. The summed E-state index contributed by atoms with van der Waals surface area (Å²) in [7, 11) is 3.51. The highest BCUT2D eigenvalue weighted by atomic mass is 16.5. The van der Waals surface area contributed by atoms with Crippen molar-refractivity contribution < 1.29 is 9.53 Å². The quantitative estimate of drug-likeness (QED) is 0.367. The van der Waals surface area contributed by atoms with Crippen molar-refractivity contribution in [2.75, 3.05) is 26.0 Å². The van der Waals surface area contributed by atoms with Crippen LogP contribution in [-0.4, -0.2) is 66.6 Å². The van der Waals surface area contributed by atoms with E-state index >= 15 is 0 Å². The largest absolute Gasteiger partial charge is 0.383 e. The number of ether oxygens (including phenoxy) is 1. The third kappa shape index (κ3) is 3.76. The van der Waals surface area contributed by atoms with Gasteiger partial charge in [-0.25, -0.2) is 14.6 Å². The van der Waals surface area contributed by atoms with Crippen molar-refractivity contribution in [3.05, 3.63) is 54.6 Å². The zero-order valence-electron chi connectivity index (χ0n) is 19.0. The average Bonchev–Trinajstić information content (AvgIpc) is 3.51. The normalized spacial score (nSPS) is 17.8. The SMILES string of the molecule is C=CC(=O)N1CC(n2nc(C#Cc3ccc4nn(C)cc4c3)c3c(N)ncnc32)C[C@@H]1COC. The van der Waals surface area contributed by atoms with Gasteiger partial charge in [-0.1, -0.05) is 12.5 Å². The van der Waals surface area contributed by atoms with Crippen LogP contribution in [0.15, 0.2) is 43.4 Å². The number of fused-ring (bicyclic) bond motifs is 2. The number of aromatic nitrogens is 6. The highest BCUT2D eigenvalue weighted by Gasteiger charge is 2.37. The fourth-order valence-corrected chi connectivity index (χ4v) is 4.50. The lowest BCUT2D eigenvalue weighted by Crippen LogP contribution is -2.37. The van der Waals surface area contributed by atoms with Crippen LogP contribution in [0.2, 0.25) is 0 Å². The molecule has 4 heterocycles. The molecule has 0 radical (unpaired) electrons. The molecule has 3 aromatic heterocycles. The molecule has 34 heavy (non-hydrogen) atoms. The molecular formula is C24H24N8O2. The van der Waals surface area contributed by atoms with Crippen LogP contribution < -0.4 is 5.73 Å². The molecule has 2 N–H and O–H groups in total. The van der Waals surface area contributed by atoms with E-state index in [1.54, 1.807) is 21.4 Å². The number of hydrogen-bond donors (Lipinski definition) is 1. The molecule has 1 aliphatic rings. The molecule has 1 amide bonds. The van der Waals surface area contributed by atoms with Gasteiger partial charge >= 0.3 is 0 Å². The molecule has 2 atom stereocenters. The Balaban J connectivity index is 1.54. The minimum atomic E-state index is -0.138. The summed E-state index contributed by atoms with van der Waals surface area (Å²) >= 11 is 0. The maximum Gasteiger partial charge on any atom is 0.246 e. The molecule has 1 saturated heterocycles. The molecule has 0 saturated carbocycles. The first-order chi connectivity index (χ1) is 16.5. The maximum atomic E-state index is 12.4. The number of anilines is 1. The lowest BCUT2D eigenvalue weighted by Gasteiger charge is -2.22. The van der Waals surface area contributed by atoms with Gasteiger partial charge in [0.1, 0.15) is 17.8 Å². The van der Waals surface area contributed by atoms with E-state index in [0.29, 0.717) is 42.1 Å². The zero-order chi connectivity index (χ0) is 23.8. The van der Waals surface area contributed by atoms with Crippen molar-refractivity contribution in [1.82, 2.24) is 34.4 Å². The molecule has 0 bridgehead atoms. The Kier molecular flexibility index (Phi) is 5.47. The van der Waals surface area contributed by atoms with Gasteiger partial charge < -0.3 is 15.4 Å². The van der Waals surface area contributed by atoms with Gasteiger partial charge in [0.25, 0.3) is 0 Å². The maximum absolute atomic E-state index is 12.4. The molecule has 1 unspecified atom stereocenters. The van der Waals surface area contributed by atoms with Crippen LogP contribution in [0.1, 0.15) is 23.7 Å². The van der Waals surface area contributed by atoms with Gasteiger partial charge in [-0.3, -0.25) is 9.48 Å². The van der Waals surface area contributed by atoms with Crippen LogP contribution in [-0.2, 0) is 16.6 Å². The Morgan fingerprint density at radius 1 is 1.32 bits per heavy atom. The second kappa shape index (κ2) is 8.61. The number of methoxy groups -OCH3 is 1. The summed E-state index contributed by atoms with van der Waals surface area (Å²) in [5, 5.41) is 10.8. The molecule has 172 valence electrons. The number of nitrogens with two attached hydrogens (primary N) is 1. The van der Waals surface area contributed by atoms with E-state index in [1.807, 2.05) is 31.4 Å². The monoisotopic (exact) mass is 456 g/mol. The van der Waals surface area contributed by atoms with E-state index in [-0.39, 0.29) is 18.0 Å². The van der Waals surface area contributed by atoms with Crippen LogP contribution >= 0.6 is 0 Å². The van der Waals surface area contributed by atoms with E-state index in [1.165, 1.54) is 12.4 Å². The summed E-state index contributed by atoms with van der Waals surface area (Å²) in [5.74, 6) is 6.51. The number of benzene rings is 1. The van der Waals surface area contributed by atoms with E-state index in [9.17, 15) is 4.79 Å². The molecule has 1 fully saturated rings. The third-order valence-electron chi connectivity index (χ3n) is 6.02. The summed E-state index contributed by atoms with van der Waals surface area (Å²) in [6.07, 6.45) is 5.35. The summed E-state index contributed by atoms with van der Waals surface area (Å²) in [6, 6.07) is 5.65. The highest BCUT2D eigenvalue weighted by Crippen LogP contribution is 2.32. The number of hydrogen-bond acceptors (Lipinski definition) is 7. The lowest BCUT2D eigenvalue weighted by atomic mass is 10.1. The predicted octanol–water partition coefficient (Wildman–Crippen LogP) is 1.67. The Labute approximate surface area is 196 Å². The molecule has 0 aliphatic carbocycles. The highest BCUT2D eigenvalue weighted by molar-refractivity contribution is 5.91. The second-order valence-electron chi connectivity index (χ2n) is 8.27. The van der Waals surface area contributed by atoms with Crippen molar-refractivity contribution in [2.24, 2.45) is 7.05 Å². The molecule has 4 aromatic rings. The van der Waals surface area contributed by atoms with Crippen molar-refractivity contribution in [1.29, 1.82) is 0 Å². The van der Waals surface area contributed by atoms with E-state index in [2.05, 4.69) is 33.5 Å². The van der Waals surface area contributed by atoms with Crippen LogP contribution in [0.4, 0.5) is 5.82 Å². The first-order valence-electron chi connectivity index (χ1n) is 10.8. The van der Waals surface area contributed by atoms with Gasteiger partial charge in [0, 0.05) is 37.8 Å². The Hall–Kier alpha value is -4.23. The zero-order valence-corrected chi connectivity index (χ0v) is 19.0. The van der Waals surface area contributed by atoms with Crippen LogP contribution in [0, 0.1) is 11.8 Å². The number of amides is 1. The Bertz CT molecular complexity index is 1470. The molecule has 5 rings (SSSR count). The lowest BCUT2D eigenvalue weighted by molar-refractivity contribution is -0.127. The van der Waals surface area contributed by atoms with Crippen LogP contribution in [0.5, 0.6) is 0 Å². The molecule has 10 nitrogen and oxygen atoms in total. The summed E-state index contributed by atoms with van der Waals surface area (Å²) < 4.78 is 8.91. The van der Waals surface area contributed by atoms with E-state index < -0.39 is 0 Å². The van der Waals surface area contributed by atoms with Crippen LogP contribution in [0.3, 0.4) is 0 Å². The van der Waals surface area contributed by atoms with Crippen molar-refractivity contribution in [3.8, 4) is 11.8 Å². The summed E-state index contributed by atoms with van der Waals surface area (Å²) in [5.41, 5.74) is 9.04. The first kappa shape index (κ1) is 21.6. The standard InChI is InChI=1S/C24H24N8O2/c1-4-21(33)31-12-17(10-18(31)13-34-3)32-24-22(23(25)26-14-27-24)20(29-32)8-6-15-5-7-19-16(9-15)11-30(2)28-19/h4-5,7,9,11,14,17-18H,1,10,12-13H2,2-3H3,(H2,25,26,27)/t17?,18-/m1/s1. The minimum Gasteiger partial charge on any atom is -0.383 e. The van der Waals surface area contributed by atoms with Gasteiger partial charge in [-0.2, -0.15) is 10.2 Å². The van der Waals surface area contributed by atoms with Gasteiger partial charge in [0.05, 0.1) is 29.6 Å². The Morgan fingerprint density at radius 3 is 2.97 bits per heavy atom. The topological polar surface area (TPSA) is 117 Å². The number of carbonyl (C=O) groups excluding carboxylic acids is 1. The first-order valence-corrected chi connectivity index (χ1v) is 10.8. The van der Waals surface area contributed by atoms with E-state index in [4.69, 9.17) is 15.6 Å². The summed E-state index contributed by atoms with van der Waals surface area (Å²) in [6.45, 7) is 4.51. The van der Waals surface area contributed by atoms with Gasteiger partial charge in [-0.15, -0.1) is 0 Å². The second-order valence-corrected chi connectivity index (χ2v) is 8.27. The Morgan fingerprint density at radius 2 is 2.18 bits per heavy atom. The number of aryl methyl sites for hydroxylation is 1. The molecule has 1 aliphatic heterocycles. The molecule has 1 aromatic carbocycles. The molecular weight excluding hydrogens is 432 g/mol. The number of carbonyl (C=O) groups is 1. The van der Waals surface area contributed by atoms with Gasteiger partial charge in [0.2, 0.25) is 5.91 Å². The fraction of sp³-hybridized carbons (Fsp3) is 0.292. The smallest absolute Gasteiger partial charge is 0.246 e. The third-order valence-corrected chi connectivity index (χ3v) is 6.02. The summed E-state index contributed by atoms with van der Waals surface area (Å²) in [4.78, 5) is 22.7. The molecule has 0 spiro atoms. The minimum absolute atomic E-state index is 0.0836. The number of likely N-dealkylation sites (tertiary alicyclic amines) is 1. The van der Waals surface area contributed by atoms with Crippen molar-refractivity contribution in [2.45, 2.75) is 18.5 Å². The van der Waals surface area contributed by atoms with Gasteiger partial charge in [0.15, 0.2) is 5.65 Å². The molecule has 10 heteroatoms. The number of nitrogen functional groups attached to an aromatic ring is 1. The fourth-order valence-electron chi connectivity index (χ4n) is 4.50. The predicted molar refractivity (Wildman–Crippen MR) is 128 cm³/mol. The van der Waals surface area contributed by atoms with Gasteiger partial charge in [-0.05, 0) is 36.6 Å². The number of rotatable bonds is 4. The van der Waals surface area contributed by atoms with Crippen molar-refractivity contribution in [3.63, 3.8) is 0 Å². The van der Waals surface area contributed by atoms with Crippen LogP contribution in [0.25, 0.3) is 21.9 Å². The van der Waals surface area contributed by atoms with E-state index in [0.717, 1.165) is 16.5 Å². The van der Waals surface area contributed by atoms with Crippen molar-refractivity contribution >= 4 is 33.7 Å². The average molecular weight is 457 g/mol.